The smallest absolute Gasteiger partial charge is 0.234 e. The Morgan fingerprint density at radius 2 is 1.02 bits per heavy atom. The molecule has 0 spiro atoms. The molecule has 0 fully saturated rings. The van der Waals surface area contributed by atoms with E-state index in [-0.39, 0.29) is 0 Å². The summed E-state index contributed by atoms with van der Waals surface area (Å²) in [5.74, 6) is 0.663. The highest BCUT2D eigenvalue weighted by molar-refractivity contribution is 6.21. The summed E-state index contributed by atoms with van der Waals surface area (Å²) < 4.78 is 2.16. The summed E-state index contributed by atoms with van der Waals surface area (Å²) in [6.07, 6.45) is 7.65. The zero-order valence-electron chi connectivity index (χ0n) is 22.1. The molecule has 8 rings (SSSR count). The molecule has 0 radical (unpaired) electrons. The number of fused-ring (bicyclic) bond motifs is 5. The number of rotatable bonds is 4. The Balaban J connectivity index is 1.15. The molecule has 4 nitrogen and oxygen atoms in total. The largest absolute Gasteiger partial charge is 0.278 e. The molecule has 192 valence electrons. The molecule has 0 saturated heterocycles. The Labute approximate surface area is 237 Å². The van der Waals surface area contributed by atoms with Gasteiger partial charge in [-0.1, -0.05) is 103 Å². The maximum Gasteiger partial charge on any atom is 0.234 e. The fraction of sp³-hybridized carbons (Fsp3) is 0. The minimum atomic E-state index is 0.663. The Morgan fingerprint density at radius 3 is 1.78 bits per heavy atom. The first-order chi connectivity index (χ1) is 20.3. The van der Waals surface area contributed by atoms with Crippen LogP contribution in [0.3, 0.4) is 0 Å². The van der Waals surface area contributed by atoms with Crippen molar-refractivity contribution >= 4 is 32.6 Å². The number of pyridine rings is 1. The van der Waals surface area contributed by atoms with E-state index in [1.165, 1.54) is 21.5 Å². The van der Waals surface area contributed by atoms with Crippen molar-refractivity contribution in [2.45, 2.75) is 0 Å². The molecule has 0 amide bonds. The molecule has 0 aliphatic rings. The van der Waals surface area contributed by atoms with E-state index in [0.29, 0.717) is 5.95 Å². The van der Waals surface area contributed by atoms with Crippen LogP contribution in [0.15, 0.2) is 146 Å². The minimum absolute atomic E-state index is 0.663. The van der Waals surface area contributed by atoms with Crippen LogP contribution in [0.5, 0.6) is 0 Å². The van der Waals surface area contributed by atoms with Gasteiger partial charge in [-0.3, -0.25) is 9.55 Å². The Morgan fingerprint density at radius 1 is 0.415 bits per heavy atom. The highest BCUT2D eigenvalue weighted by Gasteiger charge is 2.16. The van der Waals surface area contributed by atoms with Gasteiger partial charge in [0, 0.05) is 52.3 Å². The average molecular weight is 525 g/mol. The third-order valence-electron chi connectivity index (χ3n) is 7.80. The summed E-state index contributed by atoms with van der Waals surface area (Å²) in [5.41, 5.74) is 8.72. The number of para-hydroxylation sites is 1. The van der Waals surface area contributed by atoms with E-state index in [1.807, 2.05) is 43.0 Å². The molecule has 3 heterocycles. The third kappa shape index (κ3) is 3.97. The summed E-state index contributed by atoms with van der Waals surface area (Å²) in [6, 6.07) is 42.4. The zero-order valence-corrected chi connectivity index (χ0v) is 22.1. The SMILES string of the molecule is c1ccc(-c2cncc(-c3ccc(-c4cnc(-n5c6ccccc6c6c7ccccc7ccc65)nc4)cc3)c2)cc1. The van der Waals surface area contributed by atoms with Crippen molar-refractivity contribution in [3.63, 3.8) is 0 Å². The van der Waals surface area contributed by atoms with Crippen LogP contribution in [0, 0.1) is 0 Å². The summed E-state index contributed by atoms with van der Waals surface area (Å²) >= 11 is 0. The van der Waals surface area contributed by atoms with Gasteiger partial charge >= 0.3 is 0 Å². The van der Waals surface area contributed by atoms with Crippen molar-refractivity contribution in [2.75, 3.05) is 0 Å². The molecule has 0 aliphatic heterocycles. The molecule has 3 aromatic heterocycles. The van der Waals surface area contributed by atoms with Gasteiger partial charge < -0.3 is 0 Å². The second-order valence-corrected chi connectivity index (χ2v) is 10.2. The quantitative estimate of drug-likeness (QED) is 0.231. The molecule has 41 heavy (non-hydrogen) atoms. The Hall–Kier alpha value is -5.61. The zero-order chi connectivity index (χ0) is 27.2. The van der Waals surface area contributed by atoms with Gasteiger partial charge in [-0.2, -0.15) is 0 Å². The van der Waals surface area contributed by atoms with E-state index in [0.717, 1.165) is 44.4 Å². The lowest BCUT2D eigenvalue weighted by Gasteiger charge is -2.09. The van der Waals surface area contributed by atoms with Crippen LogP contribution in [-0.2, 0) is 0 Å². The fourth-order valence-corrected chi connectivity index (χ4v) is 5.78. The molecule has 4 heteroatoms. The van der Waals surface area contributed by atoms with E-state index in [9.17, 15) is 0 Å². The number of benzene rings is 5. The third-order valence-corrected chi connectivity index (χ3v) is 7.80. The van der Waals surface area contributed by atoms with E-state index in [1.54, 1.807) is 0 Å². The van der Waals surface area contributed by atoms with Gasteiger partial charge in [0.25, 0.3) is 0 Å². The first-order valence-corrected chi connectivity index (χ1v) is 13.7. The van der Waals surface area contributed by atoms with Gasteiger partial charge in [0.2, 0.25) is 5.95 Å². The molecule has 8 aromatic rings. The molecule has 0 aliphatic carbocycles. The second-order valence-electron chi connectivity index (χ2n) is 10.2. The van der Waals surface area contributed by atoms with Crippen LogP contribution >= 0.6 is 0 Å². The molecule has 0 unspecified atom stereocenters. The van der Waals surface area contributed by atoms with E-state index >= 15 is 0 Å². The van der Waals surface area contributed by atoms with Crippen LogP contribution in [-0.4, -0.2) is 19.5 Å². The maximum absolute atomic E-state index is 4.85. The molecule has 0 bridgehead atoms. The first-order valence-electron chi connectivity index (χ1n) is 13.7. The topological polar surface area (TPSA) is 43.6 Å². The average Bonchev–Trinajstić information content (AvgIpc) is 3.40. The van der Waals surface area contributed by atoms with Crippen LogP contribution in [0.1, 0.15) is 0 Å². The van der Waals surface area contributed by atoms with Crippen LogP contribution in [0.2, 0.25) is 0 Å². The van der Waals surface area contributed by atoms with Gasteiger partial charge in [-0.25, -0.2) is 9.97 Å². The number of hydrogen-bond acceptors (Lipinski definition) is 3. The van der Waals surface area contributed by atoms with Crippen molar-refractivity contribution in [1.29, 1.82) is 0 Å². The van der Waals surface area contributed by atoms with Crippen LogP contribution < -0.4 is 0 Å². The lowest BCUT2D eigenvalue weighted by atomic mass is 10.00. The molecule has 0 N–H and O–H groups in total. The standard InChI is InChI=1S/C37H24N4/c1-2-8-25(9-3-1)29-20-30(22-38-21-29)26-14-16-27(17-15-26)31-23-39-37(40-24-31)41-34-13-7-6-12-33(34)36-32-11-5-4-10-28(32)18-19-35(36)41/h1-24H. The summed E-state index contributed by atoms with van der Waals surface area (Å²) in [6.45, 7) is 0. The van der Waals surface area contributed by atoms with Crippen molar-refractivity contribution < 1.29 is 0 Å². The van der Waals surface area contributed by atoms with Crippen molar-refractivity contribution in [3.05, 3.63) is 146 Å². The van der Waals surface area contributed by atoms with Crippen molar-refractivity contribution in [3.8, 4) is 39.3 Å². The number of aromatic nitrogens is 4. The molecule has 0 atom stereocenters. The Bertz CT molecular complexity index is 2180. The monoisotopic (exact) mass is 524 g/mol. The maximum atomic E-state index is 4.85. The molecular formula is C37H24N4. The van der Waals surface area contributed by atoms with Gasteiger partial charge in [0.05, 0.1) is 11.0 Å². The Kier molecular flexibility index (Phi) is 5.42. The predicted octanol–water partition coefficient (Wildman–Crippen LogP) is 9.12. The lowest BCUT2D eigenvalue weighted by molar-refractivity contribution is 0.990. The number of nitrogens with zero attached hydrogens (tertiary/aromatic N) is 4. The normalized spacial score (nSPS) is 11.4. The highest BCUT2D eigenvalue weighted by Crippen LogP contribution is 2.36. The van der Waals surface area contributed by atoms with Crippen molar-refractivity contribution in [2.24, 2.45) is 0 Å². The van der Waals surface area contributed by atoms with E-state index in [4.69, 9.17) is 9.97 Å². The van der Waals surface area contributed by atoms with Gasteiger partial charge in [0.1, 0.15) is 0 Å². The van der Waals surface area contributed by atoms with Crippen molar-refractivity contribution in [1.82, 2.24) is 19.5 Å². The summed E-state index contributed by atoms with van der Waals surface area (Å²) in [5, 5.41) is 4.90. The first kappa shape index (κ1) is 23.3. The van der Waals surface area contributed by atoms with Crippen LogP contribution in [0.25, 0.3) is 71.9 Å². The van der Waals surface area contributed by atoms with E-state index in [2.05, 4.69) is 113 Å². The highest BCUT2D eigenvalue weighted by atomic mass is 15.1. The fourth-order valence-electron chi connectivity index (χ4n) is 5.78. The van der Waals surface area contributed by atoms with E-state index < -0.39 is 0 Å². The summed E-state index contributed by atoms with van der Waals surface area (Å²) in [7, 11) is 0. The number of hydrogen-bond donors (Lipinski definition) is 0. The van der Waals surface area contributed by atoms with Gasteiger partial charge in [0.15, 0.2) is 0 Å². The molecular weight excluding hydrogens is 500 g/mol. The molecule has 0 saturated carbocycles. The minimum Gasteiger partial charge on any atom is -0.278 e. The second kappa shape index (κ2) is 9.54. The predicted molar refractivity (Wildman–Crippen MR) is 168 cm³/mol. The summed E-state index contributed by atoms with van der Waals surface area (Å²) in [4.78, 5) is 14.2. The van der Waals surface area contributed by atoms with Gasteiger partial charge in [-0.15, -0.1) is 0 Å². The van der Waals surface area contributed by atoms with Crippen LogP contribution in [0.4, 0.5) is 0 Å². The van der Waals surface area contributed by atoms with Gasteiger partial charge in [-0.05, 0) is 45.7 Å². The molecule has 5 aromatic carbocycles. The lowest BCUT2D eigenvalue weighted by Crippen LogP contribution is -2.00.